The number of nitrogens with zero attached hydrogens (tertiary/aromatic N) is 4. The molecule has 0 unspecified atom stereocenters. The van der Waals surface area contributed by atoms with Gasteiger partial charge in [-0.25, -0.2) is 9.97 Å². The van der Waals surface area contributed by atoms with E-state index in [0.29, 0.717) is 5.82 Å². The third-order valence-corrected chi connectivity index (χ3v) is 2.83. The Morgan fingerprint density at radius 1 is 1.20 bits per heavy atom. The monoisotopic (exact) mass is 207 g/mol. The number of hydrogen-bond donors (Lipinski definition) is 1. The van der Waals surface area contributed by atoms with Gasteiger partial charge in [0.15, 0.2) is 11.6 Å². The lowest BCUT2D eigenvalue weighted by atomic mass is 10.3. The number of nitrogen functional groups attached to an aromatic ring is 1. The molecule has 1 saturated heterocycles. The maximum Gasteiger partial charge on any atom is 0.171 e. The summed E-state index contributed by atoms with van der Waals surface area (Å²) in [5.41, 5.74) is 5.79. The predicted molar refractivity (Wildman–Crippen MR) is 60.8 cm³/mol. The number of piperazine rings is 1. The van der Waals surface area contributed by atoms with Crippen LogP contribution in [0.2, 0.25) is 0 Å². The third kappa shape index (κ3) is 2.18. The standard InChI is InChI=1S/C10H17N5/c1-2-14-5-7-15(8-6-14)10-9(11)12-3-4-13-10/h3-4H,2,5-8H2,1H3,(H2,11,12). The van der Waals surface area contributed by atoms with E-state index in [-0.39, 0.29) is 0 Å². The van der Waals surface area contributed by atoms with Crippen LogP contribution in [-0.2, 0) is 0 Å². The fourth-order valence-electron chi connectivity index (χ4n) is 1.86. The first-order chi connectivity index (χ1) is 7.31. The van der Waals surface area contributed by atoms with Gasteiger partial charge in [0.2, 0.25) is 0 Å². The minimum absolute atomic E-state index is 0.530. The Bertz CT molecular complexity index is 319. The molecule has 0 radical (unpaired) electrons. The summed E-state index contributed by atoms with van der Waals surface area (Å²) in [6.07, 6.45) is 3.32. The predicted octanol–water partition coefficient (Wildman–Crippen LogP) is 0.201. The Hall–Kier alpha value is -1.36. The van der Waals surface area contributed by atoms with Crippen LogP contribution in [0.4, 0.5) is 11.6 Å². The van der Waals surface area contributed by atoms with Gasteiger partial charge in [-0.3, -0.25) is 0 Å². The molecule has 1 aliphatic heterocycles. The summed E-state index contributed by atoms with van der Waals surface area (Å²) in [5.74, 6) is 1.36. The summed E-state index contributed by atoms with van der Waals surface area (Å²) >= 11 is 0. The molecule has 82 valence electrons. The van der Waals surface area contributed by atoms with Crippen molar-refractivity contribution in [2.24, 2.45) is 0 Å². The Kier molecular flexibility index (Phi) is 3.01. The van der Waals surface area contributed by atoms with E-state index in [1.54, 1.807) is 12.4 Å². The molecular formula is C10H17N5. The van der Waals surface area contributed by atoms with E-state index in [1.165, 1.54) is 0 Å². The molecule has 0 atom stereocenters. The Balaban J connectivity index is 2.04. The lowest BCUT2D eigenvalue weighted by Crippen LogP contribution is -2.46. The lowest BCUT2D eigenvalue weighted by Gasteiger charge is -2.34. The van der Waals surface area contributed by atoms with Crippen LogP contribution in [0.5, 0.6) is 0 Å². The molecule has 1 aliphatic rings. The van der Waals surface area contributed by atoms with Gasteiger partial charge in [-0.1, -0.05) is 6.92 Å². The van der Waals surface area contributed by atoms with Crippen LogP contribution >= 0.6 is 0 Å². The molecule has 0 amide bonds. The van der Waals surface area contributed by atoms with Gasteiger partial charge in [0.1, 0.15) is 0 Å². The van der Waals surface area contributed by atoms with Crippen molar-refractivity contribution in [2.45, 2.75) is 6.92 Å². The zero-order valence-electron chi connectivity index (χ0n) is 9.06. The van der Waals surface area contributed by atoms with Crippen LogP contribution < -0.4 is 10.6 Å². The van der Waals surface area contributed by atoms with Crippen LogP contribution in [0.1, 0.15) is 6.92 Å². The Labute approximate surface area is 89.9 Å². The van der Waals surface area contributed by atoms with Gasteiger partial charge in [0.05, 0.1) is 0 Å². The van der Waals surface area contributed by atoms with Gasteiger partial charge >= 0.3 is 0 Å². The highest BCUT2D eigenvalue weighted by molar-refractivity contribution is 5.57. The number of nitrogens with two attached hydrogens (primary N) is 1. The summed E-state index contributed by atoms with van der Waals surface area (Å²) < 4.78 is 0. The normalized spacial score (nSPS) is 18.1. The maximum atomic E-state index is 5.79. The number of likely N-dealkylation sites (N-methyl/N-ethyl adjacent to an activating group) is 1. The van der Waals surface area contributed by atoms with Crippen LogP contribution in [0, 0.1) is 0 Å². The zero-order chi connectivity index (χ0) is 10.7. The van der Waals surface area contributed by atoms with Crippen molar-refractivity contribution in [3.63, 3.8) is 0 Å². The number of rotatable bonds is 2. The summed E-state index contributed by atoms with van der Waals surface area (Å²) in [7, 11) is 0. The fraction of sp³-hybridized carbons (Fsp3) is 0.600. The van der Waals surface area contributed by atoms with Crippen LogP contribution in [0.15, 0.2) is 12.4 Å². The molecule has 0 aromatic carbocycles. The summed E-state index contributed by atoms with van der Waals surface area (Å²) in [4.78, 5) is 12.9. The van der Waals surface area contributed by atoms with Crippen LogP contribution in [0.3, 0.4) is 0 Å². The number of hydrogen-bond acceptors (Lipinski definition) is 5. The van der Waals surface area contributed by atoms with E-state index in [1.807, 2.05) is 0 Å². The molecular weight excluding hydrogens is 190 g/mol. The molecule has 2 N–H and O–H groups in total. The van der Waals surface area contributed by atoms with Gasteiger partial charge in [-0.2, -0.15) is 0 Å². The second-order valence-corrected chi connectivity index (χ2v) is 3.69. The molecule has 2 heterocycles. The lowest BCUT2D eigenvalue weighted by molar-refractivity contribution is 0.270. The number of aromatic nitrogens is 2. The van der Waals surface area contributed by atoms with Crippen LogP contribution in [-0.4, -0.2) is 47.6 Å². The second-order valence-electron chi connectivity index (χ2n) is 3.69. The van der Waals surface area contributed by atoms with Crippen molar-refractivity contribution in [3.8, 4) is 0 Å². The zero-order valence-corrected chi connectivity index (χ0v) is 9.06. The molecule has 5 heteroatoms. The molecule has 15 heavy (non-hydrogen) atoms. The van der Waals surface area contributed by atoms with Gasteiger partial charge in [0, 0.05) is 38.6 Å². The highest BCUT2D eigenvalue weighted by atomic mass is 15.3. The van der Waals surface area contributed by atoms with Gasteiger partial charge in [0.25, 0.3) is 0 Å². The smallest absolute Gasteiger partial charge is 0.171 e. The largest absolute Gasteiger partial charge is 0.381 e. The minimum atomic E-state index is 0.530. The topological polar surface area (TPSA) is 58.3 Å². The highest BCUT2D eigenvalue weighted by Gasteiger charge is 2.18. The molecule has 0 aliphatic carbocycles. The van der Waals surface area contributed by atoms with Crippen LogP contribution in [0.25, 0.3) is 0 Å². The number of anilines is 2. The van der Waals surface area contributed by atoms with Crippen molar-refractivity contribution < 1.29 is 0 Å². The van der Waals surface area contributed by atoms with Crippen molar-refractivity contribution in [1.82, 2.24) is 14.9 Å². The first-order valence-electron chi connectivity index (χ1n) is 5.35. The van der Waals surface area contributed by atoms with Crippen molar-refractivity contribution in [2.75, 3.05) is 43.4 Å². The van der Waals surface area contributed by atoms with E-state index >= 15 is 0 Å². The Morgan fingerprint density at radius 2 is 1.87 bits per heavy atom. The third-order valence-electron chi connectivity index (χ3n) is 2.83. The fourth-order valence-corrected chi connectivity index (χ4v) is 1.86. The van der Waals surface area contributed by atoms with E-state index in [0.717, 1.165) is 38.5 Å². The Morgan fingerprint density at radius 3 is 2.47 bits per heavy atom. The second kappa shape index (κ2) is 4.44. The molecule has 0 spiro atoms. The quantitative estimate of drug-likeness (QED) is 0.750. The summed E-state index contributed by atoms with van der Waals surface area (Å²) in [5, 5.41) is 0. The average molecular weight is 207 g/mol. The van der Waals surface area contributed by atoms with Gasteiger partial charge in [-0.15, -0.1) is 0 Å². The molecule has 1 fully saturated rings. The van der Waals surface area contributed by atoms with E-state index in [9.17, 15) is 0 Å². The van der Waals surface area contributed by atoms with Crippen molar-refractivity contribution in [3.05, 3.63) is 12.4 Å². The molecule has 2 rings (SSSR count). The van der Waals surface area contributed by atoms with Crippen molar-refractivity contribution >= 4 is 11.6 Å². The summed E-state index contributed by atoms with van der Waals surface area (Å²) in [6.45, 7) is 7.42. The molecule has 5 nitrogen and oxygen atoms in total. The summed E-state index contributed by atoms with van der Waals surface area (Å²) in [6, 6.07) is 0. The molecule has 0 bridgehead atoms. The minimum Gasteiger partial charge on any atom is -0.381 e. The highest BCUT2D eigenvalue weighted by Crippen LogP contribution is 2.17. The molecule has 0 saturated carbocycles. The maximum absolute atomic E-state index is 5.79. The molecule has 1 aromatic rings. The SMILES string of the molecule is CCN1CCN(c2nccnc2N)CC1. The average Bonchev–Trinajstić information content (AvgIpc) is 2.30. The first kappa shape index (κ1) is 10.2. The molecule has 1 aromatic heterocycles. The van der Waals surface area contributed by atoms with E-state index in [2.05, 4.69) is 26.7 Å². The first-order valence-corrected chi connectivity index (χ1v) is 5.35. The van der Waals surface area contributed by atoms with Crippen molar-refractivity contribution in [1.29, 1.82) is 0 Å². The van der Waals surface area contributed by atoms with Gasteiger partial charge in [-0.05, 0) is 6.54 Å². The van der Waals surface area contributed by atoms with E-state index in [4.69, 9.17) is 5.73 Å². The van der Waals surface area contributed by atoms with E-state index < -0.39 is 0 Å². The van der Waals surface area contributed by atoms with Gasteiger partial charge < -0.3 is 15.5 Å².